The first-order chi connectivity index (χ1) is 16.7. The Balaban J connectivity index is 1.42. The van der Waals surface area contributed by atoms with E-state index in [1.807, 2.05) is 36.6 Å². The summed E-state index contributed by atoms with van der Waals surface area (Å²) in [5, 5.41) is 2.72. The molecule has 180 valence electrons. The molecule has 1 unspecified atom stereocenters. The minimum Gasteiger partial charge on any atom is -0.454 e. The highest BCUT2D eigenvalue weighted by Gasteiger charge is 2.51. The number of aryl methyl sites for hydroxylation is 1. The van der Waals surface area contributed by atoms with Crippen LogP contribution >= 0.6 is 0 Å². The van der Waals surface area contributed by atoms with Gasteiger partial charge < -0.3 is 19.4 Å². The lowest BCUT2D eigenvalue weighted by atomic mass is 9.87. The first-order valence-corrected chi connectivity index (χ1v) is 11.3. The fourth-order valence-electron chi connectivity index (χ4n) is 4.84. The number of imide groups is 1. The Kier molecular flexibility index (Phi) is 5.35. The number of nitrogens with one attached hydrogen (secondary N) is 1. The SMILES string of the molecule is CCC1(c2ccc(F)cc2)NC(=O)N(CC(=O)c2cc(C)n(-c3ccc4c(c3)OCO4)c2C)C1=O. The number of hydrogen-bond donors (Lipinski definition) is 1. The summed E-state index contributed by atoms with van der Waals surface area (Å²) in [6.07, 6.45) is 0.256. The van der Waals surface area contributed by atoms with Gasteiger partial charge in [-0.2, -0.15) is 0 Å². The second kappa shape index (κ2) is 8.26. The minimum atomic E-state index is -1.34. The fourth-order valence-corrected chi connectivity index (χ4v) is 4.84. The number of aromatic nitrogens is 1. The molecule has 8 nitrogen and oxygen atoms in total. The van der Waals surface area contributed by atoms with Gasteiger partial charge in [0, 0.05) is 28.7 Å². The summed E-state index contributed by atoms with van der Waals surface area (Å²) in [5.41, 5.74) is 1.84. The molecule has 0 aliphatic carbocycles. The van der Waals surface area contributed by atoms with E-state index in [-0.39, 0.29) is 19.0 Å². The van der Waals surface area contributed by atoms with Crippen LogP contribution in [-0.2, 0) is 10.3 Å². The van der Waals surface area contributed by atoms with Crippen molar-refractivity contribution < 1.29 is 28.2 Å². The molecule has 0 saturated carbocycles. The molecule has 3 aromatic rings. The molecule has 1 N–H and O–H groups in total. The molecule has 0 spiro atoms. The number of nitrogens with zero attached hydrogens (tertiary/aromatic N) is 2. The Bertz CT molecular complexity index is 1360. The van der Waals surface area contributed by atoms with E-state index in [1.165, 1.54) is 24.3 Å². The first-order valence-electron chi connectivity index (χ1n) is 11.3. The number of rotatable bonds is 6. The normalized spacial score (nSPS) is 18.8. The largest absolute Gasteiger partial charge is 0.454 e. The highest BCUT2D eigenvalue weighted by molar-refractivity contribution is 6.11. The lowest BCUT2D eigenvalue weighted by Crippen LogP contribution is -2.43. The number of carbonyl (C=O) groups is 3. The summed E-state index contributed by atoms with van der Waals surface area (Å²) in [6.45, 7) is 5.20. The Morgan fingerprint density at radius 1 is 1.06 bits per heavy atom. The Hall–Kier alpha value is -4.14. The molecule has 1 saturated heterocycles. The zero-order chi connectivity index (χ0) is 24.9. The molecule has 0 radical (unpaired) electrons. The summed E-state index contributed by atoms with van der Waals surface area (Å²) in [4.78, 5) is 40.4. The van der Waals surface area contributed by atoms with E-state index < -0.39 is 29.8 Å². The van der Waals surface area contributed by atoms with E-state index in [1.54, 1.807) is 13.0 Å². The summed E-state index contributed by atoms with van der Waals surface area (Å²) in [6, 6.07) is 12.0. The fraction of sp³-hybridized carbons (Fsp3) is 0.269. The first kappa shape index (κ1) is 22.6. The van der Waals surface area contributed by atoms with Gasteiger partial charge >= 0.3 is 6.03 Å². The molecule has 1 atom stereocenters. The number of carbonyl (C=O) groups excluding carboxylic acids is 3. The molecule has 1 aromatic heterocycles. The number of hydrogen-bond acceptors (Lipinski definition) is 5. The van der Waals surface area contributed by atoms with Crippen molar-refractivity contribution in [3.05, 3.63) is 76.9 Å². The van der Waals surface area contributed by atoms with Crippen LogP contribution in [0.4, 0.5) is 9.18 Å². The van der Waals surface area contributed by atoms with Crippen LogP contribution in [-0.4, -0.2) is 40.5 Å². The summed E-state index contributed by atoms with van der Waals surface area (Å²) >= 11 is 0. The van der Waals surface area contributed by atoms with Crippen LogP contribution in [0.2, 0.25) is 0 Å². The Morgan fingerprint density at radius 2 is 1.77 bits per heavy atom. The average Bonchev–Trinajstić information content (AvgIpc) is 3.50. The zero-order valence-corrected chi connectivity index (χ0v) is 19.6. The van der Waals surface area contributed by atoms with Gasteiger partial charge in [-0.1, -0.05) is 19.1 Å². The van der Waals surface area contributed by atoms with Crippen molar-refractivity contribution >= 4 is 17.7 Å². The molecule has 0 bridgehead atoms. The van der Waals surface area contributed by atoms with Crippen LogP contribution in [0.25, 0.3) is 5.69 Å². The maximum absolute atomic E-state index is 13.4. The van der Waals surface area contributed by atoms with Crippen LogP contribution in [0.3, 0.4) is 0 Å². The van der Waals surface area contributed by atoms with Crippen molar-refractivity contribution in [2.45, 2.75) is 32.7 Å². The lowest BCUT2D eigenvalue weighted by Gasteiger charge is -2.25. The van der Waals surface area contributed by atoms with E-state index in [0.29, 0.717) is 28.3 Å². The van der Waals surface area contributed by atoms with E-state index in [9.17, 15) is 18.8 Å². The van der Waals surface area contributed by atoms with Crippen LogP contribution in [0.1, 0.15) is 40.7 Å². The zero-order valence-electron chi connectivity index (χ0n) is 19.6. The standard InChI is InChI=1S/C26H24FN3O5/c1-4-26(17-5-7-18(27)8-6-17)24(32)29(25(33)28-26)13-21(31)20-11-15(2)30(16(20)3)19-9-10-22-23(12-19)35-14-34-22/h5-12H,4,13-14H2,1-3H3,(H,28,33). The molecular formula is C26H24FN3O5. The van der Waals surface area contributed by atoms with Gasteiger partial charge in [0.15, 0.2) is 17.3 Å². The van der Waals surface area contributed by atoms with Gasteiger partial charge in [0.1, 0.15) is 11.4 Å². The number of halogens is 1. The molecule has 5 rings (SSSR count). The number of amides is 3. The minimum absolute atomic E-state index is 0.162. The van der Waals surface area contributed by atoms with Gasteiger partial charge in [-0.15, -0.1) is 0 Å². The number of ether oxygens (including phenoxy) is 2. The van der Waals surface area contributed by atoms with Gasteiger partial charge in [-0.05, 0) is 56.2 Å². The van der Waals surface area contributed by atoms with Gasteiger partial charge in [0.05, 0.1) is 6.54 Å². The summed E-state index contributed by atoms with van der Waals surface area (Å²) in [7, 11) is 0. The second-order valence-electron chi connectivity index (χ2n) is 8.67. The predicted octanol–water partition coefficient (Wildman–Crippen LogP) is 4.00. The van der Waals surface area contributed by atoms with Crippen molar-refractivity contribution in [3.8, 4) is 17.2 Å². The molecule has 2 aromatic carbocycles. The van der Waals surface area contributed by atoms with Crippen molar-refractivity contribution in [1.29, 1.82) is 0 Å². The Labute approximate surface area is 201 Å². The van der Waals surface area contributed by atoms with Crippen molar-refractivity contribution in [2.75, 3.05) is 13.3 Å². The average molecular weight is 477 g/mol. The number of benzene rings is 2. The topological polar surface area (TPSA) is 89.9 Å². The van der Waals surface area contributed by atoms with Crippen molar-refractivity contribution in [3.63, 3.8) is 0 Å². The molecule has 3 heterocycles. The van der Waals surface area contributed by atoms with E-state index >= 15 is 0 Å². The number of ketones is 1. The van der Waals surface area contributed by atoms with Crippen molar-refractivity contribution in [1.82, 2.24) is 14.8 Å². The molecule has 3 amide bonds. The van der Waals surface area contributed by atoms with Crippen molar-refractivity contribution in [2.24, 2.45) is 0 Å². The van der Waals surface area contributed by atoms with E-state index in [2.05, 4.69) is 5.32 Å². The predicted molar refractivity (Wildman–Crippen MR) is 124 cm³/mol. The van der Waals surface area contributed by atoms with E-state index in [0.717, 1.165) is 16.3 Å². The molecule has 2 aliphatic rings. The van der Waals surface area contributed by atoms with Gasteiger partial charge in [0.2, 0.25) is 6.79 Å². The van der Waals surface area contributed by atoms with Crippen LogP contribution in [0, 0.1) is 19.7 Å². The maximum Gasteiger partial charge on any atom is 0.325 e. The highest BCUT2D eigenvalue weighted by Crippen LogP contribution is 2.36. The smallest absolute Gasteiger partial charge is 0.325 e. The third-order valence-electron chi connectivity index (χ3n) is 6.69. The van der Waals surface area contributed by atoms with Crippen LogP contribution in [0.5, 0.6) is 11.5 Å². The number of fused-ring (bicyclic) bond motifs is 1. The number of Topliss-reactive ketones (excluding diaryl/α,β-unsaturated/α-hetero) is 1. The lowest BCUT2D eigenvalue weighted by molar-refractivity contribution is -0.131. The Morgan fingerprint density at radius 3 is 2.49 bits per heavy atom. The highest BCUT2D eigenvalue weighted by atomic mass is 19.1. The second-order valence-corrected chi connectivity index (χ2v) is 8.67. The molecule has 2 aliphatic heterocycles. The third kappa shape index (κ3) is 3.54. The maximum atomic E-state index is 13.4. The molecule has 35 heavy (non-hydrogen) atoms. The number of urea groups is 1. The third-order valence-corrected chi connectivity index (χ3v) is 6.69. The molecule has 9 heteroatoms. The van der Waals surface area contributed by atoms with Gasteiger partial charge in [-0.25, -0.2) is 9.18 Å². The van der Waals surface area contributed by atoms with Gasteiger partial charge in [-0.3, -0.25) is 14.5 Å². The quantitative estimate of drug-likeness (QED) is 0.428. The van der Waals surface area contributed by atoms with Crippen LogP contribution in [0.15, 0.2) is 48.5 Å². The summed E-state index contributed by atoms with van der Waals surface area (Å²) < 4.78 is 26.2. The molecule has 1 fully saturated rings. The monoisotopic (exact) mass is 477 g/mol. The van der Waals surface area contributed by atoms with Crippen LogP contribution < -0.4 is 14.8 Å². The van der Waals surface area contributed by atoms with Gasteiger partial charge in [0.25, 0.3) is 5.91 Å². The molecular weight excluding hydrogens is 453 g/mol. The summed E-state index contributed by atoms with van der Waals surface area (Å²) in [5.74, 6) is -0.0543. The van der Waals surface area contributed by atoms with E-state index in [4.69, 9.17) is 9.47 Å².